The summed E-state index contributed by atoms with van der Waals surface area (Å²) >= 11 is 0. The van der Waals surface area contributed by atoms with Crippen molar-refractivity contribution in [1.29, 1.82) is 0 Å². The Labute approximate surface area is 124 Å². The number of nitrogens with two attached hydrogens (primary N) is 1. The van der Waals surface area contributed by atoms with E-state index in [-0.39, 0.29) is 18.0 Å². The van der Waals surface area contributed by atoms with Gasteiger partial charge in [-0.15, -0.1) is 0 Å². The maximum atomic E-state index is 12.9. The minimum absolute atomic E-state index is 0.00613. The van der Waals surface area contributed by atoms with Crippen molar-refractivity contribution in [3.8, 4) is 0 Å². The molecule has 2 aromatic carbocycles. The van der Waals surface area contributed by atoms with E-state index in [0.29, 0.717) is 0 Å². The van der Waals surface area contributed by atoms with Gasteiger partial charge >= 0.3 is 0 Å². The molecular formula is C18H20FNO. The fourth-order valence-electron chi connectivity index (χ4n) is 2.95. The first-order valence-electron chi connectivity index (χ1n) is 7.42. The Morgan fingerprint density at radius 1 is 1.14 bits per heavy atom. The Bertz CT molecular complexity index is 596. The van der Waals surface area contributed by atoms with Crippen molar-refractivity contribution in [3.05, 3.63) is 71.0 Å². The normalized spacial score (nSPS) is 19.0. The van der Waals surface area contributed by atoms with Gasteiger partial charge in [0.25, 0.3) is 0 Å². The smallest absolute Gasteiger partial charge is 0.123 e. The second-order valence-electron chi connectivity index (χ2n) is 5.63. The zero-order valence-electron chi connectivity index (χ0n) is 12.0. The molecule has 0 amide bonds. The van der Waals surface area contributed by atoms with Crippen molar-refractivity contribution in [3.63, 3.8) is 0 Å². The third-order valence-corrected chi connectivity index (χ3v) is 4.02. The lowest BCUT2D eigenvalue weighted by molar-refractivity contribution is 0.0321. The van der Waals surface area contributed by atoms with E-state index in [2.05, 4.69) is 18.2 Å². The molecule has 110 valence electrons. The fourth-order valence-corrected chi connectivity index (χ4v) is 2.95. The predicted molar refractivity (Wildman–Crippen MR) is 81.5 cm³/mol. The highest BCUT2D eigenvalue weighted by Crippen LogP contribution is 2.30. The molecule has 0 bridgehead atoms. The monoisotopic (exact) mass is 285 g/mol. The summed E-state index contributed by atoms with van der Waals surface area (Å²) in [5.41, 5.74) is 9.95. The fraction of sp³-hybridized carbons (Fsp3) is 0.333. The van der Waals surface area contributed by atoms with E-state index in [9.17, 15) is 4.39 Å². The van der Waals surface area contributed by atoms with Crippen LogP contribution in [-0.4, -0.2) is 12.6 Å². The highest BCUT2D eigenvalue weighted by atomic mass is 19.1. The molecule has 2 atom stereocenters. The van der Waals surface area contributed by atoms with Crippen LogP contribution in [0.5, 0.6) is 0 Å². The SMILES string of the molecule is NC(Cc1ccc(F)cc1)CC1OCCc2ccccc21. The van der Waals surface area contributed by atoms with E-state index in [1.54, 1.807) is 12.1 Å². The number of hydrogen-bond acceptors (Lipinski definition) is 2. The van der Waals surface area contributed by atoms with E-state index in [0.717, 1.165) is 31.4 Å². The molecule has 2 aromatic rings. The molecule has 21 heavy (non-hydrogen) atoms. The summed E-state index contributed by atoms with van der Waals surface area (Å²) in [7, 11) is 0. The van der Waals surface area contributed by atoms with Crippen LogP contribution in [0.15, 0.2) is 48.5 Å². The van der Waals surface area contributed by atoms with Crippen LogP contribution in [0, 0.1) is 5.82 Å². The molecule has 0 saturated carbocycles. The van der Waals surface area contributed by atoms with Gasteiger partial charge in [0, 0.05) is 6.04 Å². The van der Waals surface area contributed by atoms with E-state index in [1.165, 1.54) is 23.3 Å². The van der Waals surface area contributed by atoms with Gasteiger partial charge in [0.1, 0.15) is 5.82 Å². The Kier molecular flexibility index (Phi) is 4.32. The first-order chi connectivity index (χ1) is 10.2. The van der Waals surface area contributed by atoms with Crippen LogP contribution >= 0.6 is 0 Å². The average molecular weight is 285 g/mol. The average Bonchev–Trinajstić information content (AvgIpc) is 2.50. The zero-order chi connectivity index (χ0) is 14.7. The van der Waals surface area contributed by atoms with Crippen molar-refractivity contribution in [1.82, 2.24) is 0 Å². The third kappa shape index (κ3) is 3.49. The van der Waals surface area contributed by atoms with Gasteiger partial charge in [-0.1, -0.05) is 36.4 Å². The molecule has 0 fully saturated rings. The molecule has 3 rings (SSSR count). The molecule has 1 aliphatic rings. The summed E-state index contributed by atoms with van der Waals surface area (Å²) in [6.45, 7) is 0.755. The van der Waals surface area contributed by atoms with Crippen LogP contribution in [0.3, 0.4) is 0 Å². The van der Waals surface area contributed by atoms with Gasteiger partial charge in [-0.3, -0.25) is 0 Å². The minimum atomic E-state index is -0.211. The summed E-state index contributed by atoms with van der Waals surface area (Å²) in [6, 6.07) is 15.0. The van der Waals surface area contributed by atoms with Crippen LogP contribution in [0.25, 0.3) is 0 Å². The van der Waals surface area contributed by atoms with Gasteiger partial charge < -0.3 is 10.5 Å². The second kappa shape index (κ2) is 6.37. The lowest BCUT2D eigenvalue weighted by atomic mass is 9.92. The van der Waals surface area contributed by atoms with E-state index < -0.39 is 0 Å². The number of ether oxygens (including phenoxy) is 1. The molecule has 2 unspecified atom stereocenters. The zero-order valence-corrected chi connectivity index (χ0v) is 12.0. The topological polar surface area (TPSA) is 35.2 Å². The molecule has 0 aliphatic carbocycles. The number of hydrogen-bond donors (Lipinski definition) is 1. The maximum Gasteiger partial charge on any atom is 0.123 e. The minimum Gasteiger partial charge on any atom is -0.373 e. The van der Waals surface area contributed by atoms with Gasteiger partial charge in [0.2, 0.25) is 0 Å². The molecule has 2 nitrogen and oxygen atoms in total. The van der Waals surface area contributed by atoms with Crippen molar-refractivity contribution in [2.24, 2.45) is 5.73 Å². The van der Waals surface area contributed by atoms with Crippen LogP contribution in [0.2, 0.25) is 0 Å². The van der Waals surface area contributed by atoms with Crippen molar-refractivity contribution >= 4 is 0 Å². The largest absolute Gasteiger partial charge is 0.373 e. The molecule has 3 heteroatoms. The van der Waals surface area contributed by atoms with E-state index in [1.807, 2.05) is 6.07 Å². The van der Waals surface area contributed by atoms with Crippen LogP contribution < -0.4 is 5.73 Å². The van der Waals surface area contributed by atoms with Gasteiger partial charge in [0.15, 0.2) is 0 Å². The molecule has 0 saturated heterocycles. The summed E-state index contributed by atoms with van der Waals surface area (Å²) in [5.74, 6) is -0.211. The molecule has 0 aromatic heterocycles. The highest BCUT2D eigenvalue weighted by molar-refractivity contribution is 5.31. The maximum absolute atomic E-state index is 12.9. The van der Waals surface area contributed by atoms with Crippen LogP contribution in [0.1, 0.15) is 29.2 Å². The van der Waals surface area contributed by atoms with Gasteiger partial charge in [-0.2, -0.15) is 0 Å². The molecule has 1 heterocycles. The molecule has 0 spiro atoms. The predicted octanol–water partition coefficient (Wildman–Crippen LogP) is 3.40. The van der Waals surface area contributed by atoms with Crippen LogP contribution in [0.4, 0.5) is 4.39 Å². The second-order valence-corrected chi connectivity index (χ2v) is 5.63. The van der Waals surface area contributed by atoms with Crippen molar-refractivity contribution in [2.45, 2.75) is 31.4 Å². The molecule has 0 radical (unpaired) electrons. The Morgan fingerprint density at radius 2 is 1.90 bits per heavy atom. The third-order valence-electron chi connectivity index (χ3n) is 4.02. The van der Waals surface area contributed by atoms with Crippen molar-refractivity contribution < 1.29 is 9.13 Å². The summed E-state index contributed by atoms with van der Waals surface area (Å²) in [5, 5.41) is 0. The Balaban J connectivity index is 1.65. The quantitative estimate of drug-likeness (QED) is 0.934. The Morgan fingerprint density at radius 3 is 2.71 bits per heavy atom. The Hall–Kier alpha value is -1.71. The van der Waals surface area contributed by atoms with Gasteiger partial charge in [-0.25, -0.2) is 4.39 Å². The number of halogens is 1. The lowest BCUT2D eigenvalue weighted by Crippen LogP contribution is -2.28. The van der Waals surface area contributed by atoms with E-state index >= 15 is 0 Å². The summed E-state index contributed by atoms with van der Waals surface area (Å²) in [6.07, 6.45) is 2.57. The lowest BCUT2D eigenvalue weighted by Gasteiger charge is -2.28. The number of benzene rings is 2. The number of fused-ring (bicyclic) bond motifs is 1. The van der Waals surface area contributed by atoms with Gasteiger partial charge in [-0.05, 0) is 48.1 Å². The molecule has 2 N–H and O–H groups in total. The van der Waals surface area contributed by atoms with Gasteiger partial charge in [0.05, 0.1) is 12.7 Å². The van der Waals surface area contributed by atoms with E-state index in [4.69, 9.17) is 10.5 Å². The molecule has 1 aliphatic heterocycles. The summed E-state index contributed by atoms with van der Waals surface area (Å²) in [4.78, 5) is 0. The molecular weight excluding hydrogens is 265 g/mol. The van der Waals surface area contributed by atoms with Crippen molar-refractivity contribution in [2.75, 3.05) is 6.61 Å². The highest BCUT2D eigenvalue weighted by Gasteiger charge is 2.22. The first-order valence-corrected chi connectivity index (χ1v) is 7.42. The first kappa shape index (κ1) is 14.2. The van der Waals surface area contributed by atoms with Crippen LogP contribution in [-0.2, 0) is 17.6 Å². The summed E-state index contributed by atoms with van der Waals surface area (Å²) < 4.78 is 18.8. The standard InChI is InChI=1S/C18H20FNO/c19-15-7-5-13(6-8-15)11-16(20)12-18-17-4-2-1-3-14(17)9-10-21-18/h1-8,16,18H,9-12,20H2. The number of rotatable bonds is 4.